The predicted molar refractivity (Wildman–Crippen MR) is 97.2 cm³/mol. The zero-order valence-corrected chi connectivity index (χ0v) is 14.3. The van der Waals surface area contributed by atoms with Gasteiger partial charge in [0.05, 0.1) is 0 Å². The van der Waals surface area contributed by atoms with Crippen LogP contribution in [0, 0.1) is 37.3 Å². The Labute approximate surface area is 141 Å². The van der Waals surface area contributed by atoms with E-state index in [1.807, 2.05) is 19.1 Å². The highest BCUT2D eigenvalue weighted by atomic mass is 15.0. The Bertz CT molecular complexity index is 573. The molecule has 23 heavy (non-hydrogen) atoms. The zero-order valence-electron chi connectivity index (χ0n) is 14.3. The van der Waals surface area contributed by atoms with Crippen LogP contribution in [0.3, 0.4) is 0 Å². The van der Waals surface area contributed by atoms with Crippen LogP contribution in [-0.4, -0.2) is 5.66 Å². The largest absolute Gasteiger partial charge is 0.516 e. The molecular formula is C21H26N2. The van der Waals surface area contributed by atoms with Crippen LogP contribution < -0.4 is 0 Å². The fraction of sp³-hybridized carbons (Fsp3) is 0.524. The Kier molecular flexibility index (Phi) is 7.94. The second-order valence-corrected chi connectivity index (χ2v) is 6.12. The van der Waals surface area contributed by atoms with Gasteiger partial charge in [0.25, 0.3) is 0 Å². The molecule has 120 valence electrons. The molecule has 0 N–H and O–H groups in total. The molecule has 0 heterocycles. The molecule has 0 aromatic carbocycles. The Morgan fingerprint density at radius 3 is 2.61 bits per heavy atom. The molecule has 2 heteroatoms. The van der Waals surface area contributed by atoms with Crippen LogP contribution in [0.4, 0.5) is 0 Å². The number of terminal acetylenes is 1. The van der Waals surface area contributed by atoms with Crippen molar-refractivity contribution in [1.82, 2.24) is 0 Å². The second kappa shape index (κ2) is 9.71. The van der Waals surface area contributed by atoms with Crippen LogP contribution in [-0.2, 0) is 0 Å². The minimum Gasteiger partial charge on any atom is -0.225 e. The van der Waals surface area contributed by atoms with E-state index in [1.54, 1.807) is 0 Å². The molecule has 2 aliphatic rings. The summed E-state index contributed by atoms with van der Waals surface area (Å²) in [5, 5.41) is 0. The summed E-state index contributed by atoms with van der Waals surface area (Å²) in [6, 6.07) is 0. The summed E-state index contributed by atoms with van der Waals surface area (Å²) in [5.41, 5.74) is -0.0927. The van der Waals surface area contributed by atoms with Crippen molar-refractivity contribution in [2.45, 2.75) is 58.0 Å². The molecule has 2 unspecified atom stereocenters. The van der Waals surface area contributed by atoms with Crippen LogP contribution in [0.5, 0.6) is 0 Å². The van der Waals surface area contributed by atoms with Crippen LogP contribution in [0.2, 0.25) is 0 Å². The van der Waals surface area contributed by atoms with Gasteiger partial charge in [0, 0.05) is 0 Å². The highest BCUT2D eigenvalue weighted by Crippen LogP contribution is 2.45. The first kappa shape index (κ1) is 18.8. The summed E-state index contributed by atoms with van der Waals surface area (Å²) in [6.07, 6.45) is 21.7. The van der Waals surface area contributed by atoms with Gasteiger partial charge in [-0.1, -0.05) is 43.2 Å². The van der Waals surface area contributed by atoms with E-state index in [4.69, 9.17) is 19.6 Å². The molecular weight excluding hydrogens is 280 g/mol. The van der Waals surface area contributed by atoms with Gasteiger partial charge in [0.1, 0.15) is 5.57 Å². The van der Waals surface area contributed by atoms with E-state index in [-0.39, 0.29) is 6.42 Å². The van der Waals surface area contributed by atoms with Crippen molar-refractivity contribution < 1.29 is 0 Å². The fourth-order valence-electron chi connectivity index (χ4n) is 3.24. The molecule has 0 amide bonds. The molecule has 2 nitrogen and oxygen atoms in total. The van der Waals surface area contributed by atoms with E-state index in [1.165, 1.54) is 19.3 Å². The van der Waals surface area contributed by atoms with Crippen LogP contribution in [0.15, 0.2) is 36.0 Å². The molecule has 2 rings (SSSR count). The Balaban J connectivity index is 0.000000322. The molecule has 0 aromatic heterocycles. The number of rotatable bonds is 4. The SMILES string of the molecule is C/C=C/C=C/CC.[C-]#[N+]C(CC#C)([N+]#[C-])C1=CC2CCC(C1)C2. The monoisotopic (exact) mass is 306 g/mol. The van der Waals surface area contributed by atoms with Crippen molar-refractivity contribution in [1.29, 1.82) is 0 Å². The average Bonchev–Trinajstić information content (AvgIpc) is 2.92. The Morgan fingerprint density at radius 2 is 2.09 bits per heavy atom. The molecule has 0 saturated heterocycles. The van der Waals surface area contributed by atoms with Gasteiger partial charge in [0.2, 0.25) is 0 Å². The topological polar surface area (TPSA) is 8.72 Å². The van der Waals surface area contributed by atoms with Gasteiger partial charge in [-0.3, -0.25) is 0 Å². The van der Waals surface area contributed by atoms with Crippen molar-refractivity contribution in [3.05, 3.63) is 58.8 Å². The second-order valence-electron chi connectivity index (χ2n) is 6.12. The third kappa shape index (κ3) is 5.16. The van der Waals surface area contributed by atoms with Gasteiger partial charge in [-0.05, 0) is 50.9 Å². The molecule has 0 radical (unpaired) electrons. The van der Waals surface area contributed by atoms with Crippen molar-refractivity contribution in [2.75, 3.05) is 0 Å². The quantitative estimate of drug-likeness (QED) is 0.268. The zero-order chi connectivity index (χ0) is 17.1. The van der Waals surface area contributed by atoms with Gasteiger partial charge in [-0.15, -0.1) is 6.42 Å². The summed E-state index contributed by atoms with van der Waals surface area (Å²) in [6.45, 7) is 18.7. The standard InChI is InChI=1S/C14H14N2.C7H12/c1-4-7-14(15-2,16-3)13-9-11-5-6-12(8-11)10-13;1-3-5-7-6-4-2/h1,9,11-12H,5-8,10H2;3,5-7H,4H2,1-2H3/b;5-3+,7-6+. The lowest BCUT2D eigenvalue weighted by molar-refractivity contribution is 0.472. The summed E-state index contributed by atoms with van der Waals surface area (Å²) < 4.78 is 0. The third-order valence-electron chi connectivity index (χ3n) is 4.44. The van der Waals surface area contributed by atoms with Crippen molar-refractivity contribution in [2.24, 2.45) is 11.8 Å². The van der Waals surface area contributed by atoms with E-state index >= 15 is 0 Å². The first-order valence-electron chi connectivity index (χ1n) is 8.35. The number of fused-ring (bicyclic) bond motifs is 2. The molecule has 1 fully saturated rings. The lowest BCUT2D eigenvalue weighted by atomic mass is 9.82. The molecule has 2 atom stereocenters. The van der Waals surface area contributed by atoms with Crippen LogP contribution >= 0.6 is 0 Å². The average molecular weight is 306 g/mol. The first-order valence-corrected chi connectivity index (χ1v) is 8.35. The Morgan fingerprint density at radius 1 is 1.35 bits per heavy atom. The smallest absolute Gasteiger partial charge is 0.225 e. The van der Waals surface area contributed by atoms with Crippen molar-refractivity contribution in [3.8, 4) is 12.3 Å². The summed E-state index contributed by atoms with van der Waals surface area (Å²) in [4.78, 5) is 7.07. The number of hydrogen-bond donors (Lipinski definition) is 0. The fourth-order valence-corrected chi connectivity index (χ4v) is 3.24. The number of hydrogen-bond acceptors (Lipinski definition) is 0. The molecule has 0 aliphatic heterocycles. The molecule has 1 saturated carbocycles. The molecule has 2 bridgehead atoms. The maximum Gasteiger partial charge on any atom is 0.516 e. The predicted octanol–water partition coefficient (Wildman–Crippen LogP) is 5.82. The maximum atomic E-state index is 7.27. The summed E-state index contributed by atoms with van der Waals surface area (Å²) in [7, 11) is 0. The molecule has 0 aromatic rings. The summed E-state index contributed by atoms with van der Waals surface area (Å²) >= 11 is 0. The van der Waals surface area contributed by atoms with Crippen molar-refractivity contribution >= 4 is 0 Å². The van der Waals surface area contributed by atoms with Crippen LogP contribution in [0.1, 0.15) is 52.4 Å². The normalized spacial score (nSPS) is 22.7. The van der Waals surface area contributed by atoms with E-state index in [9.17, 15) is 0 Å². The number of nitrogens with zero attached hydrogens (tertiary/aromatic N) is 2. The minimum absolute atomic E-state index is 0.227. The lowest BCUT2D eigenvalue weighted by Gasteiger charge is -2.20. The third-order valence-corrected chi connectivity index (χ3v) is 4.44. The lowest BCUT2D eigenvalue weighted by Crippen LogP contribution is -2.26. The highest BCUT2D eigenvalue weighted by molar-refractivity contribution is 5.35. The summed E-state index contributed by atoms with van der Waals surface area (Å²) in [5.74, 6) is 3.77. The van der Waals surface area contributed by atoms with E-state index < -0.39 is 5.66 Å². The molecule has 2 aliphatic carbocycles. The van der Waals surface area contributed by atoms with Gasteiger partial charge in [-0.25, -0.2) is 22.8 Å². The minimum atomic E-state index is -1.09. The van der Waals surface area contributed by atoms with E-state index in [2.05, 4.69) is 40.8 Å². The van der Waals surface area contributed by atoms with E-state index in [0.717, 1.165) is 18.4 Å². The first-order chi connectivity index (χ1) is 11.2. The Hall–Kier alpha value is -2.24. The van der Waals surface area contributed by atoms with Gasteiger partial charge < -0.3 is 0 Å². The highest BCUT2D eigenvalue weighted by Gasteiger charge is 2.50. The number of allylic oxidation sites excluding steroid dienone is 5. The van der Waals surface area contributed by atoms with Crippen LogP contribution in [0.25, 0.3) is 9.69 Å². The maximum absolute atomic E-state index is 7.27. The van der Waals surface area contributed by atoms with Crippen molar-refractivity contribution in [3.63, 3.8) is 0 Å². The van der Waals surface area contributed by atoms with Gasteiger partial charge in [-0.2, -0.15) is 0 Å². The van der Waals surface area contributed by atoms with E-state index in [0.29, 0.717) is 11.8 Å². The molecule has 0 spiro atoms. The van der Waals surface area contributed by atoms with Gasteiger partial charge >= 0.3 is 5.66 Å². The van der Waals surface area contributed by atoms with Gasteiger partial charge in [0.15, 0.2) is 6.42 Å².